The molecule has 3 heteroatoms. The summed E-state index contributed by atoms with van der Waals surface area (Å²) in [7, 11) is 3.49. The highest BCUT2D eigenvalue weighted by Gasteiger charge is 2.08. The van der Waals surface area contributed by atoms with Crippen molar-refractivity contribution in [1.82, 2.24) is 5.32 Å². The lowest BCUT2D eigenvalue weighted by molar-refractivity contribution is 0.251. The highest BCUT2D eigenvalue weighted by atomic mass is 16.5. The molecule has 0 bridgehead atoms. The van der Waals surface area contributed by atoms with E-state index >= 15 is 0 Å². The molecular weight excluding hydrogens is 178 g/mol. The van der Waals surface area contributed by atoms with Gasteiger partial charge in [-0.3, -0.25) is 0 Å². The highest BCUT2D eigenvalue weighted by Crippen LogP contribution is 2.21. The zero-order valence-electron chi connectivity index (χ0n) is 8.87. The summed E-state index contributed by atoms with van der Waals surface area (Å²) in [6.45, 7) is 2.09. The van der Waals surface area contributed by atoms with E-state index in [0.717, 1.165) is 16.9 Å². The minimum atomic E-state index is -0.000365. The van der Waals surface area contributed by atoms with Gasteiger partial charge in [0.15, 0.2) is 0 Å². The summed E-state index contributed by atoms with van der Waals surface area (Å²) in [5.41, 5.74) is 2.16. The monoisotopic (exact) mass is 195 g/mol. The SMILES string of the molecule is CNC(CO)c1ccc(OC)c(C)c1. The molecule has 0 aliphatic heterocycles. The van der Waals surface area contributed by atoms with Crippen LogP contribution in [0.3, 0.4) is 0 Å². The Morgan fingerprint density at radius 3 is 2.64 bits per heavy atom. The Morgan fingerprint density at radius 1 is 1.50 bits per heavy atom. The first kappa shape index (κ1) is 11.0. The fraction of sp³-hybridized carbons (Fsp3) is 0.455. The van der Waals surface area contributed by atoms with Gasteiger partial charge in [0, 0.05) is 0 Å². The van der Waals surface area contributed by atoms with Crippen molar-refractivity contribution < 1.29 is 9.84 Å². The number of aliphatic hydroxyl groups is 1. The summed E-state index contributed by atoms with van der Waals surface area (Å²) in [4.78, 5) is 0. The Kier molecular flexibility index (Phi) is 3.92. The van der Waals surface area contributed by atoms with Gasteiger partial charge in [-0.2, -0.15) is 0 Å². The predicted octanol–water partition coefficient (Wildman–Crippen LogP) is 1.26. The smallest absolute Gasteiger partial charge is 0.121 e. The molecule has 1 aromatic carbocycles. The van der Waals surface area contributed by atoms with Crippen molar-refractivity contribution in [3.63, 3.8) is 0 Å². The zero-order chi connectivity index (χ0) is 10.6. The topological polar surface area (TPSA) is 41.5 Å². The number of hydrogen-bond acceptors (Lipinski definition) is 3. The Bertz CT molecular complexity index is 295. The van der Waals surface area contributed by atoms with Gasteiger partial charge in [0.1, 0.15) is 5.75 Å². The van der Waals surface area contributed by atoms with Crippen LogP contribution in [0, 0.1) is 6.92 Å². The van der Waals surface area contributed by atoms with Crippen molar-refractivity contribution in [1.29, 1.82) is 0 Å². The summed E-state index contributed by atoms with van der Waals surface area (Å²) in [5, 5.41) is 12.1. The van der Waals surface area contributed by atoms with Gasteiger partial charge in [0.2, 0.25) is 0 Å². The molecule has 0 heterocycles. The molecule has 1 atom stereocenters. The molecule has 1 aromatic rings. The van der Waals surface area contributed by atoms with E-state index in [4.69, 9.17) is 9.84 Å². The molecule has 1 rings (SSSR count). The average Bonchev–Trinajstić information content (AvgIpc) is 2.20. The van der Waals surface area contributed by atoms with Crippen molar-refractivity contribution in [3.8, 4) is 5.75 Å². The van der Waals surface area contributed by atoms with Gasteiger partial charge in [-0.1, -0.05) is 12.1 Å². The fourth-order valence-electron chi connectivity index (χ4n) is 1.48. The molecule has 0 aliphatic rings. The van der Waals surface area contributed by atoms with Gasteiger partial charge in [-0.15, -0.1) is 0 Å². The van der Waals surface area contributed by atoms with Gasteiger partial charge < -0.3 is 15.2 Å². The molecule has 2 N–H and O–H groups in total. The molecule has 0 amide bonds. The van der Waals surface area contributed by atoms with Crippen molar-refractivity contribution in [2.45, 2.75) is 13.0 Å². The number of nitrogens with one attached hydrogen (secondary N) is 1. The quantitative estimate of drug-likeness (QED) is 0.760. The van der Waals surface area contributed by atoms with E-state index in [1.54, 1.807) is 7.11 Å². The maximum atomic E-state index is 9.10. The molecule has 0 aliphatic carbocycles. The Morgan fingerprint density at radius 2 is 2.21 bits per heavy atom. The predicted molar refractivity (Wildman–Crippen MR) is 56.6 cm³/mol. The van der Waals surface area contributed by atoms with Gasteiger partial charge in [-0.05, 0) is 31.2 Å². The number of ether oxygens (including phenoxy) is 1. The van der Waals surface area contributed by atoms with E-state index in [2.05, 4.69) is 5.32 Å². The summed E-state index contributed by atoms with van der Waals surface area (Å²) in [6.07, 6.45) is 0. The van der Waals surface area contributed by atoms with Crippen molar-refractivity contribution in [2.24, 2.45) is 0 Å². The summed E-state index contributed by atoms with van der Waals surface area (Å²) >= 11 is 0. The molecule has 0 fully saturated rings. The number of aliphatic hydroxyl groups excluding tert-OH is 1. The van der Waals surface area contributed by atoms with Crippen LogP contribution in [-0.4, -0.2) is 25.9 Å². The van der Waals surface area contributed by atoms with Gasteiger partial charge in [-0.25, -0.2) is 0 Å². The maximum Gasteiger partial charge on any atom is 0.121 e. The number of hydrogen-bond donors (Lipinski definition) is 2. The number of likely N-dealkylation sites (N-methyl/N-ethyl adjacent to an activating group) is 1. The van der Waals surface area contributed by atoms with Crippen LogP contribution < -0.4 is 10.1 Å². The third kappa shape index (κ3) is 2.25. The minimum Gasteiger partial charge on any atom is -0.496 e. The van der Waals surface area contributed by atoms with Crippen LogP contribution in [0.5, 0.6) is 5.75 Å². The van der Waals surface area contributed by atoms with E-state index in [1.807, 2.05) is 32.2 Å². The van der Waals surface area contributed by atoms with Crippen molar-refractivity contribution >= 4 is 0 Å². The van der Waals surface area contributed by atoms with E-state index in [0.29, 0.717) is 0 Å². The van der Waals surface area contributed by atoms with Gasteiger partial charge in [0.05, 0.1) is 19.8 Å². The summed E-state index contributed by atoms with van der Waals surface area (Å²) in [5.74, 6) is 0.876. The molecule has 1 unspecified atom stereocenters. The standard InChI is InChI=1S/C11H17NO2/c1-8-6-9(10(7-13)12-2)4-5-11(8)14-3/h4-6,10,12-13H,7H2,1-3H3. The van der Waals surface area contributed by atoms with Crippen LogP contribution in [0.1, 0.15) is 17.2 Å². The molecule has 78 valence electrons. The second-order valence-electron chi connectivity index (χ2n) is 3.25. The Balaban J connectivity index is 2.95. The summed E-state index contributed by atoms with van der Waals surface area (Å²) < 4.78 is 5.16. The minimum absolute atomic E-state index is 0.000365. The number of methoxy groups -OCH3 is 1. The summed E-state index contributed by atoms with van der Waals surface area (Å²) in [6, 6.07) is 5.91. The first-order valence-corrected chi connectivity index (χ1v) is 4.65. The first-order valence-electron chi connectivity index (χ1n) is 4.65. The van der Waals surface area contributed by atoms with Crippen molar-refractivity contribution in [2.75, 3.05) is 20.8 Å². The van der Waals surface area contributed by atoms with Crippen LogP contribution in [0.15, 0.2) is 18.2 Å². The number of benzene rings is 1. The Hall–Kier alpha value is -1.06. The van der Waals surface area contributed by atoms with Crippen LogP contribution in [-0.2, 0) is 0 Å². The third-order valence-electron chi connectivity index (χ3n) is 2.35. The normalized spacial score (nSPS) is 12.6. The molecule has 0 spiro atoms. The third-order valence-corrected chi connectivity index (χ3v) is 2.35. The highest BCUT2D eigenvalue weighted by molar-refractivity contribution is 5.37. The largest absolute Gasteiger partial charge is 0.496 e. The van der Waals surface area contributed by atoms with Crippen LogP contribution in [0.2, 0.25) is 0 Å². The van der Waals surface area contributed by atoms with Crippen LogP contribution in [0.25, 0.3) is 0 Å². The maximum absolute atomic E-state index is 9.10. The second kappa shape index (κ2) is 4.98. The average molecular weight is 195 g/mol. The molecule has 0 radical (unpaired) electrons. The van der Waals surface area contributed by atoms with Crippen LogP contribution >= 0.6 is 0 Å². The number of rotatable bonds is 4. The lowest BCUT2D eigenvalue weighted by Gasteiger charge is -2.15. The van der Waals surface area contributed by atoms with Gasteiger partial charge >= 0.3 is 0 Å². The van der Waals surface area contributed by atoms with Crippen LogP contribution in [0.4, 0.5) is 0 Å². The number of aryl methyl sites for hydroxylation is 1. The zero-order valence-corrected chi connectivity index (χ0v) is 8.87. The molecule has 0 saturated heterocycles. The van der Waals surface area contributed by atoms with Crippen molar-refractivity contribution in [3.05, 3.63) is 29.3 Å². The lowest BCUT2D eigenvalue weighted by atomic mass is 10.0. The molecular formula is C11H17NO2. The second-order valence-corrected chi connectivity index (χ2v) is 3.25. The van der Waals surface area contributed by atoms with E-state index < -0.39 is 0 Å². The molecule has 0 saturated carbocycles. The fourth-order valence-corrected chi connectivity index (χ4v) is 1.48. The van der Waals surface area contributed by atoms with E-state index in [9.17, 15) is 0 Å². The Labute approximate surface area is 84.7 Å². The molecule has 0 aromatic heterocycles. The molecule has 14 heavy (non-hydrogen) atoms. The first-order chi connectivity index (χ1) is 6.72. The van der Waals surface area contributed by atoms with E-state index in [-0.39, 0.29) is 12.6 Å². The van der Waals surface area contributed by atoms with E-state index in [1.165, 1.54) is 0 Å². The lowest BCUT2D eigenvalue weighted by Crippen LogP contribution is -2.19. The van der Waals surface area contributed by atoms with Gasteiger partial charge in [0.25, 0.3) is 0 Å². The molecule has 3 nitrogen and oxygen atoms in total.